The minimum atomic E-state index is 1.01. The van der Waals surface area contributed by atoms with Crippen molar-refractivity contribution >= 4 is 22.7 Å². The van der Waals surface area contributed by atoms with E-state index in [1.807, 2.05) is 18.8 Å². The van der Waals surface area contributed by atoms with Gasteiger partial charge in [0.2, 0.25) is 0 Å². The first-order valence-corrected chi connectivity index (χ1v) is 7.66. The first kappa shape index (κ1) is 13.3. The molecule has 2 nitrogen and oxygen atoms in total. The van der Waals surface area contributed by atoms with Gasteiger partial charge in [-0.1, -0.05) is 48.2 Å². The van der Waals surface area contributed by atoms with E-state index < -0.39 is 0 Å². The van der Waals surface area contributed by atoms with Crippen LogP contribution in [0.3, 0.4) is 0 Å². The second kappa shape index (κ2) is 6.16. The Kier molecular flexibility index (Phi) is 4.09. The van der Waals surface area contributed by atoms with E-state index in [1.54, 1.807) is 0 Å². The Morgan fingerprint density at radius 1 is 1.00 bits per heavy atom. The number of fused-ring (bicyclic) bond motifs is 1. The van der Waals surface area contributed by atoms with Crippen molar-refractivity contribution in [1.82, 2.24) is 10.3 Å². The molecular weight excluding hydrogens is 264 g/mol. The minimum Gasteiger partial charge on any atom is -0.360 e. The molecule has 0 saturated carbocycles. The Labute approximate surface area is 123 Å². The molecule has 2 N–H and O–H groups in total. The summed E-state index contributed by atoms with van der Waals surface area (Å²) in [5.74, 6) is 0. The topological polar surface area (TPSA) is 27.8 Å². The Morgan fingerprint density at radius 2 is 1.80 bits per heavy atom. The summed E-state index contributed by atoms with van der Waals surface area (Å²) in [6, 6.07) is 17.1. The van der Waals surface area contributed by atoms with Crippen molar-refractivity contribution in [2.45, 2.75) is 16.2 Å². The molecule has 3 rings (SSSR count). The molecule has 0 saturated heterocycles. The van der Waals surface area contributed by atoms with Crippen LogP contribution in [0.1, 0.15) is 5.56 Å². The minimum absolute atomic E-state index is 1.01. The predicted octanol–water partition coefficient (Wildman–Crippen LogP) is 4.08. The fourth-order valence-corrected chi connectivity index (χ4v) is 3.41. The van der Waals surface area contributed by atoms with Crippen molar-refractivity contribution in [3.8, 4) is 0 Å². The second-order valence-electron chi connectivity index (χ2n) is 4.76. The third-order valence-electron chi connectivity index (χ3n) is 3.39. The van der Waals surface area contributed by atoms with Gasteiger partial charge in [0.1, 0.15) is 0 Å². The van der Waals surface area contributed by atoms with Crippen LogP contribution in [0.25, 0.3) is 10.9 Å². The second-order valence-corrected chi connectivity index (χ2v) is 5.85. The normalized spacial score (nSPS) is 11.1. The van der Waals surface area contributed by atoms with Crippen molar-refractivity contribution in [3.63, 3.8) is 0 Å². The van der Waals surface area contributed by atoms with Crippen molar-refractivity contribution in [1.29, 1.82) is 0 Å². The van der Waals surface area contributed by atoms with E-state index in [9.17, 15) is 0 Å². The molecule has 3 aromatic rings. The van der Waals surface area contributed by atoms with E-state index in [4.69, 9.17) is 0 Å². The van der Waals surface area contributed by atoms with Crippen LogP contribution in [0.5, 0.6) is 0 Å². The fraction of sp³-hybridized carbons (Fsp3) is 0.176. The summed E-state index contributed by atoms with van der Waals surface area (Å²) in [4.78, 5) is 5.97. The molecule has 0 amide bonds. The molecule has 0 aliphatic heterocycles. The Bertz CT molecular complexity index is 703. The van der Waals surface area contributed by atoms with Gasteiger partial charge in [-0.05, 0) is 37.7 Å². The number of hydrogen-bond donors (Lipinski definition) is 2. The van der Waals surface area contributed by atoms with Gasteiger partial charge in [0, 0.05) is 26.9 Å². The number of rotatable bonds is 5. The third-order valence-corrected chi connectivity index (χ3v) is 4.56. The molecule has 0 aliphatic carbocycles. The van der Waals surface area contributed by atoms with Gasteiger partial charge in [0.15, 0.2) is 0 Å². The summed E-state index contributed by atoms with van der Waals surface area (Å²) in [5, 5.41) is 4.51. The number of aromatic amines is 1. The molecule has 0 radical (unpaired) electrons. The number of para-hydroxylation sites is 1. The van der Waals surface area contributed by atoms with Crippen molar-refractivity contribution in [2.24, 2.45) is 0 Å². The van der Waals surface area contributed by atoms with E-state index in [-0.39, 0.29) is 0 Å². The molecule has 102 valence electrons. The van der Waals surface area contributed by atoms with E-state index in [0.29, 0.717) is 0 Å². The van der Waals surface area contributed by atoms with Gasteiger partial charge in [-0.2, -0.15) is 0 Å². The standard InChI is InChI=1S/C17H18N2S/c1-18-11-10-13-6-2-5-9-16(13)20-17-12-19-15-8-4-3-7-14(15)17/h2-9,12,18-19H,10-11H2,1H3. The lowest BCUT2D eigenvalue weighted by molar-refractivity contribution is 0.783. The monoisotopic (exact) mass is 282 g/mol. The average Bonchev–Trinajstić information content (AvgIpc) is 2.90. The fourth-order valence-electron chi connectivity index (χ4n) is 2.32. The molecule has 1 aromatic heterocycles. The van der Waals surface area contributed by atoms with Crippen LogP contribution < -0.4 is 5.32 Å². The van der Waals surface area contributed by atoms with Gasteiger partial charge in [0.25, 0.3) is 0 Å². The van der Waals surface area contributed by atoms with Crippen LogP contribution in [0.4, 0.5) is 0 Å². The Morgan fingerprint density at radius 3 is 2.70 bits per heavy atom. The highest BCUT2D eigenvalue weighted by molar-refractivity contribution is 7.99. The van der Waals surface area contributed by atoms with Gasteiger partial charge < -0.3 is 10.3 Å². The van der Waals surface area contributed by atoms with Crippen LogP contribution in [0, 0.1) is 0 Å². The van der Waals surface area contributed by atoms with Crippen LogP contribution in [0.15, 0.2) is 64.5 Å². The van der Waals surface area contributed by atoms with Crippen LogP contribution in [-0.4, -0.2) is 18.6 Å². The highest BCUT2D eigenvalue weighted by Gasteiger charge is 2.07. The number of benzene rings is 2. The van der Waals surface area contributed by atoms with Gasteiger partial charge in [-0.3, -0.25) is 0 Å². The van der Waals surface area contributed by atoms with Crippen molar-refractivity contribution in [2.75, 3.05) is 13.6 Å². The van der Waals surface area contributed by atoms with Crippen LogP contribution in [-0.2, 0) is 6.42 Å². The highest BCUT2D eigenvalue weighted by Crippen LogP contribution is 2.35. The molecule has 0 spiro atoms. The van der Waals surface area contributed by atoms with Gasteiger partial charge in [0.05, 0.1) is 0 Å². The van der Waals surface area contributed by atoms with E-state index >= 15 is 0 Å². The molecule has 0 aliphatic rings. The molecule has 0 bridgehead atoms. The maximum absolute atomic E-state index is 3.34. The van der Waals surface area contributed by atoms with E-state index in [1.165, 1.54) is 26.3 Å². The number of aromatic nitrogens is 1. The Balaban J connectivity index is 1.91. The van der Waals surface area contributed by atoms with Crippen LogP contribution in [0.2, 0.25) is 0 Å². The summed E-state index contributed by atoms with van der Waals surface area (Å²) in [7, 11) is 2.00. The van der Waals surface area contributed by atoms with Gasteiger partial charge in [-0.15, -0.1) is 0 Å². The lowest BCUT2D eigenvalue weighted by Crippen LogP contribution is -2.10. The predicted molar refractivity (Wildman–Crippen MR) is 86.5 cm³/mol. The molecule has 0 unspecified atom stereocenters. The largest absolute Gasteiger partial charge is 0.360 e. The molecular formula is C17H18N2S. The molecule has 20 heavy (non-hydrogen) atoms. The number of nitrogens with one attached hydrogen (secondary N) is 2. The summed E-state index contributed by atoms with van der Waals surface area (Å²) >= 11 is 1.84. The van der Waals surface area contributed by atoms with Crippen molar-refractivity contribution < 1.29 is 0 Å². The van der Waals surface area contributed by atoms with E-state index in [2.05, 4.69) is 65.0 Å². The molecule has 0 fully saturated rings. The quantitative estimate of drug-likeness (QED) is 0.738. The third kappa shape index (κ3) is 2.74. The molecule has 2 aromatic carbocycles. The lowest BCUT2D eigenvalue weighted by atomic mass is 10.1. The molecule has 3 heteroatoms. The molecule has 1 heterocycles. The lowest BCUT2D eigenvalue weighted by Gasteiger charge is -2.08. The zero-order chi connectivity index (χ0) is 13.8. The number of likely N-dealkylation sites (N-methyl/N-ethyl adjacent to an activating group) is 1. The first-order valence-electron chi connectivity index (χ1n) is 6.85. The first-order chi connectivity index (χ1) is 9.88. The summed E-state index contributed by atoms with van der Waals surface area (Å²) in [5.41, 5.74) is 2.60. The smallest absolute Gasteiger partial charge is 0.0465 e. The summed E-state index contributed by atoms with van der Waals surface area (Å²) in [6.07, 6.45) is 3.16. The summed E-state index contributed by atoms with van der Waals surface area (Å²) < 4.78 is 0. The Hall–Kier alpha value is -1.71. The maximum Gasteiger partial charge on any atom is 0.0465 e. The van der Waals surface area contributed by atoms with E-state index in [0.717, 1.165) is 13.0 Å². The zero-order valence-corrected chi connectivity index (χ0v) is 12.3. The summed E-state index contributed by atoms with van der Waals surface area (Å²) in [6.45, 7) is 1.01. The number of hydrogen-bond acceptors (Lipinski definition) is 2. The van der Waals surface area contributed by atoms with Gasteiger partial charge in [-0.25, -0.2) is 0 Å². The number of H-pyrrole nitrogens is 1. The average molecular weight is 282 g/mol. The van der Waals surface area contributed by atoms with Crippen LogP contribution >= 0.6 is 11.8 Å². The van der Waals surface area contributed by atoms with Crippen molar-refractivity contribution in [3.05, 3.63) is 60.3 Å². The zero-order valence-electron chi connectivity index (χ0n) is 11.5. The molecule has 0 atom stereocenters. The van der Waals surface area contributed by atoms with Gasteiger partial charge >= 0.3 is 0 Å². The highest BCUT2D eigenvalue weighted by atomic mass is 32.2. The SMILES string of the molecule is CNCCc1ccccc1Sc1c[nH]c2ccccc12. The maximum atomic E-state index is 3.34.